The second-order valence-corrected chi connectivity index (χ2v) is 5.31. The normalized spacial score (nSPS) is 10.5. The summed E-state index contributed by atoms with van der Waals surface area (Å²) in [6, 6.07) is 12.9. The summed E-state index contributed by atoms with van der Waals surface area (Å²) in [6.07, 6.45) is 3.53. The first-order valence-electron chi connectivity index (χ1n) is 7.42. The molecular formula is C19H21NO4. The van der Waals surface area contributed by atoms with Crippen LogP contribution in [-0.2, 0) is 0 Å². The van der Waals surface area contributed by atoms with Crippen LogP contribution in [0.3, 0.4) is 0 Å². The number of benzene rings is 2. The molecule has 5 nitrogen and oxygen atoms in total. The maximum atomic E-state index is 11.5. The summed E-state index contributed by atoms with van der Waals surface area (Å²) >= 11 is 0. The van der Waals surface area contributed by atoms with Crippen LogP contribution in [-0.4, -0.2) is 39.3 Å². The molecule has 0 bridgehead atoms. The van der Waals surface area contributed by atoms with Gasteiger partial charge in [-0.3, -0.25) is 0 Å². The van der Waals surface area contributed by atoms with Gasteiger partial charge in [0.2, 0.25) is 0 Å². The summed E-state index contributed by atoms with van der Waals surface area (Å²) in [6.45, 7) is 0. The number of carbonyl (C=O) groups excluding carboxylic acids is 1. The number of hydrogen-bond donors (Lipinski definition) is 0. The van der Waals surface area contributed by atoms with Crippen molar-refractivity contribution >= 4 is 18.2 Å². The minimum atomic E-state index is -0.401. The first-order chi connectivity index (χ1) is 11.5. The Morgan fingerprint density at radius 3 is 1.88 bits per heavy atom. The lowest BCUT2D eigenvalue weighted by Gasteiger charge is -2.10. The van der Waals surface area contributed by atoms with E-state index in [1.165, 1.54) is 4.90 Å². The van der Waals surface area contributed by atoms with Crippen molar-refractivity contribution in [2.24, 2.45) is 0 Å². The van der Waals surface area contributed by atoms with E-state index in [1.54, 1.807) is 40.4 Å². The highest BCUT2D eigenvalue weighted by molar-refractivity contribution is 5.72. The van der Waals surface area contributed by atoms with Crippen LogP contribution in [0.25, 0.3) is 12.2 Å². The standard InChI is InChI=1S/C19H21NO4/c1-20(2)19(21)24-16-9-7-14(8-10-16)5-6-15-11-17(22-3)13-18(12-15)23-4/h5-13H,1-4H3/b6-5+. The molecule has 0 saturated carbocycles. The molecule has 0 atom stereocenters. The molecule has 0 aliphatic rings. The second-order valence-electron chi connectivity index (χ2n) is 5.31. The molecule has 0 fully saturated rings. The van der Waals surface area contributed by atoms with E-state index in [-0.39, 0.29) is 0 Å². The van der Waals surface area contributed by atoms with Crippen molar-refractivity contribution in [3.8, 4) is 17.2 Å². The van der Waals surface area contributed by atoms with E-state index in [1.807, 2.05) is 42.5 Å². The maximum absolute atomic E-state index is 11.5. The number of methoxy groups -OCH3 is 2. The molecular weight excluding hydrogens is 306 g/mol. The van der Waals surface area contributed by atoms with Gasteiger partial charge in [0.15, 0.2) is 0 Å². The minimum absolute atomic E-state index is 0.401. The van der Waals surface area contributed by atoms with Gasteiger partial charge >= 0.3 is 6.09 Å². The number of rotatable bonds is 5. The largest absolute Gasteiger partial charge is 0.497 e. The highest BCUT2D eigenvalue weighted by Crippen LogP contribution is 2.24. The SMILES string of the molecule is COc1cc(/C=C/c2ccc(OC(=O)N(C)C)cc2)cc(OC)c1. The lowest BCUT2D eigenvalue weighted by Crippen LogP contribution is -2.25. The van der Waals surface area contributed by atoms with Crippen molar-refractivity contribution in [1.82, 2.24) is 4.90 Å². The average Bonchev–Trinajstić information content (AvgIpc) is 2.60. The molecule has 2 rings (SSSR count). The van der Waals surface area contributed by atoms with Crippen molar-refractivity contribution in [3.05, 3.63) is 53.6 Å². The smallest absolute Gasteiger partial charge is 0.414 e. The molecule has 0 aromatic heterocycles. The highest BCUT2D eigenvalue weighted by atomic mass is 16.6. The van der Waals surface area contributed by atoms with E-state index in [9.17, 15) is 4.79 Å². The topological polar surface area (TPSA) is 48.0 Å². The number of nitrogens with zero attached hydrogens (tertiary/aromatic N) is 1. The van der Waals surface area contributed by atoms with E-state index >= 15 is 0 Å². The molecule has 2 aromatic rings. The van der Waals surface area contributed by atoms with E-state index in [2.05, 4.69) is 0 Å². The molecule has 0 N–H and O–H groups in total. The zero-order valence-corrected chi connectivity index (χ0v) is 14.3. The fourth-order valence-corrected chi connectivity index (χ4v) is 1.96. The fourth-order valence-electron chi connectivity index (χ4n) is 1.96. The summed E-state index contributed by atoms with van der Waals surface area (Å²) in [4.78, 5) is 12.9. The van der Waals surface area contributed by atoms with E-state index in [0.29, 0.717) is 5.75 Å². The summed E-state index contributed by atoms with van der Waals surface area (Å²) in [7, 11) is 6.52. The molecule has 2 aromatic carbocycles. The molecule has 126 valence electrons. The molecule has 1 amide bonds. The molecule has 0 spiro atoms. The van der Waals surface area contributed by atoms with Crippen LogP contribution in [0.1, 0.15) is 11.1 Å². The van der Waals surface area contributed by atoms with Gasteiger partial charge in [-0.2, -0.15) is 0 Å². The van der Waals surface area contributed by atoms with Crippen LogP contribution < -0.4 is 14.2 Å². The Kier molecular flexibility index (Phi) is 5.84. The molecule has 0 aliphatic heterocycles. The number of hydrogen-bond acceptors (Lipinski definition) is 4. The Morgan fingerprint density at radius 1 is 0.833 bits per heavy atom. The average molecular weight is 327 g/mol. The molecule has 0 aliphatic carbocycles. The van der Waals surface area contributed by atoms with Crippen LogP contribution in [0.5, 0.6) is 17.2 Å². The van der Waals surface area contributed by atoms with Gasteiger partial charge in [0, 0.05) is 20.2 Å². The maximum Gasteiger partial charge on any atom is 0.414 e. The number of ether oxygens (including phenoxy) is 3. The first kappa shape index (κ1) is 17.4. The Labute approximate surface area is 142 Å². The van der Waals surface area contributed by atoms with E-state index in [0.717, 1.165) is 22.6 Å². The minimum Gasteiger partial charge on any atom is -0.497 e. The van der Waals surface area contributed by atoms with Gasteiger partial charge in [-0.15, -0.1) is 0 Å². The third-order valence-electron chi connectivity index (χ3n) is 3.29. The van der Waals surface area contributed by atoms with Crippen molar-refractivity contribution < 1.29 is 19.0 Å². The summed E-state index contributed by atoms with van der Waals surface area (Å²) in [5.41, 5.74) is 1.95. The van der Waals surface area contributed by atoms with Crippen LogP contribution in [0.4, 0.5) is 4.79 Å². The monoisotopic (exact) mass is 327 g/mol. The van der Waals surface area contributed by atoms with Gasteiger partial charge in [0.1, 0.15) is 17.2 Å². The zero-order valence-electron chi connectivity index (χ0n) is 14.3. The molecule has 5 heteroatoms. The Bertz CT molecular complexity index is 698. The summed E-state index contributed by atoms with van der Waals surface area (Å²) in [5.74, 6) is 1.98. The van der Waals surface area contributed by atoms with E-state index < -0.39 is 6.09 Å². The lowest BCUT2D eigenvalue weighted by molar-refractivity contribution is 0.172. The van der Waals surface area contributed by atoms with Gasteiger partial charge in [-0.05, 0) is 35.4 Å². The molecule has 0 heterocycles. The molecule has 24 heavy (non-hydrogen) atoms. The van der Waals surface area contributed by atoms with Crippen molar-refractivity contribution in [2.75, 3.05) is 28.3 Å². The van der Waals surface area contributed by atoms with Crippen molar-refractivity contribution in [2.45, 2.75) is 0 Å². The van der Waals surface area contributed by atoms with Crippen molar-refractivity contribution in [1.29, 1.82) is 0 Å². The number of amides is 1. The van der Waals surface area contributed by atoms with Gasteiger partial charge in [-0.1, -0.05) is 24.3 Å². The number of carbonyl (C=O) groups is 1. The fraction of sp³-hybridized carbons (Fsp3) is 0.211. The Morgan fingerprint density at radius 2 is 1.38 bits per heavy atom. The molecule has 0 unspecified atom stereocenters. The van der Waals surface area contributed by atoms with Crippen LogP contribution >= 0.6 is 0 Å². The summed E-state index contributed by atoms with van der Waals surface area (Å²) in [5, 5.41) is 0. The van der Waals surface area contributed by atoms with Gasteiger partial charge in [0.05, 0.1) is 14.2 Å². The Balaban J connectivity index is 2.10. The zero-order chi connectivity index (χ0) is 17.5. The quantitative estimate of drug-likeness (QED) is 0.781. The predicted molar refractivity (Wildman–Crippen MR) is 94.6 cm³/mol. The second kappa shape index (κ2) is 8.06. The highest BCUT2D eigenvalue weighted by Gasteiger charge is 2.05. The molecule has 0 radical (unpaired) electrons. The van der Waals surface area contributed by atoms with Crippen LogP contribution in [0.2, 0.25) is 0 Å². The first-order valence-corrected chi connectivity index (χ1v) is 7.42. The van der Waals surface area contributed by atoms with Crippen LogP contribution in [0, 0.1) is 0 Å². The van der Waals surface area contributed by atoms with Crippen molar-refractivity contribution in [3.63, 3.8) is 0 Å². The Hall–Kier alpha value is -2.95. The third-order valence-corrected chi connectivity index (χ3v) is 3.29. The van der Waals surface area contributed by atoms with Crippen LogP contribution in [0.15, 0.2) is 42.5 Å². The van der Waals surface area contributed by atoms with Gasteiger partial charge in [0.25, 0.3) is 0 Å². The lowest BCUT2D eigenvalue weighted by atomic mass is 10.1. The molecule has 0 saturated heterocycles. The van der Waals surface area contributed by atoms with E-state index in [4.69, 9.17) is 14.2 Å². The van der Waals surface area contributed by atoms with Gasteiger partial charge in [-0.25, -0.2) is 4.79 Å². The summed E-state index contributed by atoms with van der Waals surface area (Å²) < 4.78 is 15.7. The third kappa shape index (κ3) is 4.78. The predicted octanol–water partition coefficient (Wildman–Crippen LogP) is 3.93. The van der Waals surface area contributed by atoms with Gasteiger partial charge < -0.3 is 19.1 Å².